The number of aliphatic hydroxyl groups excluding tert-OH is 1. The number of benzene rings is 1. The van der Waals surface area contributed by atoms with Crippen molar-refractivity contribution >= 4 is 27.0 Å². The highest BCUT2D eigenvalue weighted by molar-refractivity contribution is 7.94. The summed E-state index contributed by atoms with van der Waals surface area (Å²) in [5, 5.41) is 8.82. The van der Waals surface area contributed by atoms with Gasteiger partial charge in [0.15, 0.2) is 0 Å². The van der Waals surface area contributed by atoms with E-state index in [9.17, 15) is 8.42 Å². The Balaban J connectivity index is 2.17. The summed E-state index contributed by atoms with van der Waals surface area (Å²) in [5.74, 6) is 0. The zero-order valence-electron chi connectivity index (χ0n) is 11.2. The summed E-state index contributed by atoms with van der Waals surface area (Å²) in [7, 11) is -3.51. The smallest absolute Gasteiger partial charge is 0.271 e. The van der Waals surface area contributed by atoms with Crippen LogP contribution in [0.2, 0.25) is 0 Å². The number of hydrogen-bond donors (Lipinski definition) is 2. The van der Waals surface area contributed by atoms with Gasteiger partial charge in [0.25, 0.3) is 10.0 Å². The van der Waals surface area contributed by atoms with Gasteiger partial charge in [0.05, 0.1) is 0 Å². The molecule has 1 aromatic carbocycles. The van der Waals surface area contributed by atoms with Crippen LogP contribution in [0.3, 0.4) is 0 Å². The van der Waals surface area contributed by atoms with Crippen molar-refractivity contribution < 1.29 is 13.5 Å². The lowest BCUT2D eigenvalue weighted by atomic mass is 10.1. The third kappa shape index (κ3) is 3.82. The lowest BCUT2D eigenvalue weighted by Gasteiger charge is -2.08. The lowest BCUT2D eigenvalue weighted by Crippen LogP contribution is -2.11. The van der Waals surface area contributed by atoms with Crippen molar-refractivity contribution in [3.63, 3.8) is 0 Å². The first-order valence-corrected chi connectivity index (χ1v) is 8.60. The summed E-state index contributed by atoms with van der Waals surface area (Å²) in [6.07, 6.45) is 1.39. The van der Waals surface area contributed by atoms with Gasteiger partial charge in [-0.2, -0.15) is 0 Å². The van der Waals surface area contributed by atoms with Gasteiger partial charge in [-0.15, -0.1) is 11.3 Å². The normalized spacial score (nSPS) is 11.5. The number of aliphatic hydroxyl groups is 1. The number of sulfonamides is 1. The lowest BCUT2D eigenvalue weighted by molar-refractivity contribution is 0.288. The van der Waals surface area contributed by atoms with Gasteiger partial charge in [-0.05, 0) is 49.6 Å². The third-order valence-corrected chi connectivity index (χ3v) is 5.66. The van der Waals surface area contributed by atoms with Gasteiger partial charge in [0.1, 0.15) is 4.21 Å². The molecule has 0 aliphatic heterocycles. The molecule has 0 saturated heterocycles. The van der Waals surface area contributed by atoms with Crippen LogP contribution < -0.4 is 4.72 Å². The fourth-order valence-corrected chi connectivity index (χ4v) is 4.17. The molecule has 1 aromatic heterocycles. The summed E-state index contributed by atoms with van der Waals surface area (Å²) < 4.78 is 27.3. The predicted octanol–water partition coefficient (Wildman–Crippen LogP) is 2.78. The molecule has 0 bridgehead atoms. The predicted molar refractivity (Wildman–Crippen MR) is 81.7 cm³/mol. The molecular formula is C14H17NO3S2. The number of hydrogen-bond acceptors (Lipinski definition) is 4. The molecule has 4 nitrogen and oxygen atoms in total. The molecule has 0 spiro atoms. The van der Waals surface area contributed by atoms with E-state index in [1.54, 1.807) is 24.3 Å². The molecule has 0 amide bonds. The molecule has 0 saturated carbocycles. The average molecular weight is 311 g/mol. The highest BCUT2D eigenvalue weighted by atomic mass is 32.2. The maximum Gasteiger partial charge on any atom is 0.271 e. The van der Waals surface area contributed by atoms with Crippen molar-refractivity contribution in [2.75, 3.05) is 11.3 Å². The maximum absolute atomic E-state index is 12.2. The van der Waals surface area contributed by atoms with E-state index in [1.807, 2.05) is 19.1 Å². The Morgan fingerprint density at radius 2 is 2.05 bits per heavy atom. The molecule has 0 fully saturated rings. The topological polar surface area (TPSA) is 66.4 Å². The second-order valence-corrected chi connectivity index (χ2v) is 7.70. The highest BCUT2D eigenvalue weighted by Crippen LogP contribution is 2.23. The van der Waals surface area contributed by atoms with E-state index in [2.05, 4.69) is 4.72 Å². The molecule has 0 atom stereocenters. The van der Waals surface area contributed by atoms with Crippen LogP contribution in [-0.2, 0) is 16.4 Å². The summed E-state index contributed by atoms with van der Waals surface area (Å²) >= 11 is 1.25. The molecule has 2 rings (SSSR count). The second-order valence-electron chi connectivity index (χ2n) is 4.50. The van der Waals surface area contributed by atoms with Crippen molar-refractivity contribution in [1.29, 1.82) is 0 Å². The minimum Gasteiger partial charge on any atom is -0.396 e. The molecule has 0 aliphatic carbocycles. The highest BCUT2D eigenvalue weighted by Gasteiger charge is 2.16. The quantitative estimate of drug-likeness (QED) is 0.862. The van der Waals surface area contributed by atoms with E-state index in [-0.39, 0.29) is 6.61 Å². The van der Waals surface area contributed by atoms with Crippen LogP contribution in [0, 0.1) is 6.92 Å². The Morgan fingerprint density at radius 1 is 1.25 bits per heavy atom. The van der Waals surface area contributed by atoms with Crippen molar-refractivity contribution in [1.82, 2.24) is 0 Å². The molecule has 2 N–H and O–H groups in total. The number of aryl methyl sites for hydroxylation is 2. The van der Waals surface area contributed by atoms with Crippen molar-refractivity contribution in [2.24, 2.45) is 0 Å². The molecule has 20 heavy (non-hydrogen) atoms. The van der Waals surface area contributed by atoms with Gasteiger partial charge >= 0.3 is 0 Å². The molecule has 108 valence electrons. The van der Waals surface area contributed by atoms with Crippen molar-refractivity contribution in [3.8, 4) is 0 Å². The van der Waals surface area contributed by atoms with Crippen LogP contribution in [0.15, 0.2) is 40.6 Å². The van der Waals surface area contributed by atoms with Gasteiger partial charge in [-0.3, -0.25) is 4.72 Å². The third-order valence-electron chi connectivity index (χ3n) is 2.78. The summed E-state index contributed by atoms with van der Waals surface area (Å²) in [4.78, 5) is 0.960. The molecule has 0 radical (unpaired) electrons. The SMILES string of the molecule is Cc1ccc(S(=O)(=O)Nc2cccc(CCCO)c2)s1. The first kappa shape index (κ1) is 15.0. The van der Waals surface area contributed by atoms with Crippen LogP contribution in [0.4, 0.5) is 5.69 Å². The summed E-state index contributed by atoms with van der Waals surface area (Å²) in [5.41, 5.74) is 1.55. The summed E-state index contributed by atoms with van der Waals surface area (Å²) in [6, 6.07) is 10.6. The van der Waals surface area contributed by atoms with E-state index < -0.39 is 10.0 Å². The van der Waals surface area contributed by atoms with Crippen molar-refractivity contribution in [2.45, 2.75) is 24.0 Å². The zero-order chi connectivity index (χ0) is 14.6. The average Bonchev–Trinajstić information content (AvgIpc) is 2.84. The van der Waals surface area contributed by atoms with Gasteiger partial charge < -0.3 is 5.11 Å². The van der Waals surface area contributed by atoms with Gasteiger partial charge in [0, 0.05) is 17.2 Å². The number of nitrogens with one attached hydrogen (secondary N) is 1. The van der Waals surface area contributed by atoms with Crippen molar-refractivity contribution in [3.05, 3.63) is 46.8 Å². The Kier molecular flexibility index (Phi) is 4.80. The van der Waals surface area contributed by atoms with E-state index in [4.69, 9.17) is 5.11 Å². The van der Waals surface area contributed by atoms with E-state index in [0.29, 0.717) is 16.3 Å². The Bertz CT molecular complexity index is 677. The number of thiophene rings is 1. The van der Waals surface area contributed by atoms with Crippen LogP contribution in [0.5, 0.6) is 0 Å². The minimum atomic E-state index is -3.51. The molecule has 6 heteroatoms. The number of rotatable bonds is 6. The zero-order valence-corrected chi connectivity index (χ0v) is 12.8. The Hall–Kier alpha value is -1.37. The standard InChI is InChI=1S/C14H17NO3S2/c1-11-7-8-14(19-11)20(17,18)15-13-6-2-4-12(10-13)5-3-9-16/h2,4,6-8,10,15-16H,3,5,9H2,1H3. The fourth-order valence-electron chi connectivity index (χ4n) is 1.84. The second kappa shape index (κ2) is 6.39. The minimum absolute atomic E-state index is 0.129. The van der Waals surface area contributed by atoms with Gasteiger partial charge in [-0.25, -0.2) is 8.42 Å². The molecule has 0 aliphatic rings. The van der Waals surface area contributed by atoms with Crippen LogP contribution in [0.25, 0.3) is 0 Å². The van der Waals surface area contributed by atoms with Crippen LogP contribution in [0.1, 0.15) is 16.9 Å². The van der Waals surface area contributed by atoms with E-state index in [1.165, 1.54) is 11.3 Å². The Morgan fingerprint density at radius 3 is 2.70 bits per heavy atom. The monoisotopic (exact) mass is 311 g/mol. The number of anilines is 1. The first-order chi connectivity index (χ1) is 9.51. The van der Waals surface area contributed by atoms with Crippen LogP contribution >= 0.6 is 11.3 Å². The largest absolute Gasteiger partial charge is 0.396 e. The molecule has 1 heterocycles. The molecule has 0 unspecified atom stereocenters. The van der Waals surface area contributed by atoms with E-state index >= 15 is 0 Å². The summed E-state index contributed by atoms with van der Waals surface area (Å²) in [6.45, 7) is 2.00. The van der Waals surface area contributed by atoms with E-state index in [0.717, 1.165) is 16.9 Å². The van der Waals surface area contributed by atoms with Gasteiger partial charge in [0.2, 0.25) is 0 Å². The Labute approximate surface area is 123 Å². The van der Waals surface area contributed by atoms with Crippen LogP contribution in [-0.4, -0.2) is 20.1 Å². The maximum atomic E-state index is 12.2. The van der Waals surface area contributed by atoms with Gasteiger partial charge in [-0.1, -0.05) is 12.1 Å². The first-order valence-electron chi connectivity index (χ1n) is 6.30. The fraction of sp³-hybridized carbons (Fsp3) is 0.286. The molecule has 2 aromatic rings. The molecular weight excluding hydrogens is 294 g/mol.